The van der Waals surface area contributed by atoms with Crippen molar-refractivity contribution < 1.29 is 57.1 Å². The summed E-state index contributed by atoms with van der Waals surface area (Å²) in [7, 11) is 6.51. The van der Waals surface area contributed by atoms with E-state index in [1.165, 1.54) is 0 Å². The van der Waals surface area contributed by atoms with Gasteiger partial charge in [-0.25, -0.2) is 9.59 Å². The molecule has 0 heterocycles. The summed E-state index contributed by atoms with van der Waals surface area (Å²) in [6, 6.07) is 6.35. The number of benzene rings is 1. The van der Waals surface area contributed by atoms with Crippen molar-refractivity contribution in [3.05, 3.63) is 29.8 Å². The van der Waals surface area contributed by atoms with Crippen molar-refractivity contribution in [2.75, 3.05) is 40.8 Å². The number of unbranched alkanes of at least 4 members (excludes halogenated alkanes) is 2. The summed E-state index contributed by atoms with van der Waals surface area (Å²) in [6.07, 6.45) is 3.14. The Hall–Kier alpha value is -2.08. The monoisotopic (exact) mass is 663 g/mol. The van der Waals surface area contributed by atoms with Gasteiger partial charge in [-0.3, -0.25) is 4.79 Å². The maximum atomic E-state index is 12.7. The minimum Gasteiger partial charge on any atom is -1.00 e. The quantitative estimate of drug-likeness (QED) is 0.135. The molecule has 0 saturated heterocycles. The molecule has 1 atom stereocenters. The second-order valence-corrected chi connectivity index (χ2v) is 12.6. The highest BCUT2D eigenvalue weighted by atomic mass is 127. The summed E-state index contributed by atoms with van der Waals surface area (Å²) in [6.45, 7) is 12.5. The summed E-state index contributed by atoms with van der Waals surface area (Å²) < 4.78 is 17.5. The van der Waals surface area contributed by atoms with Gasteiger partial charge < -0.3 is 53.3 Å². The predicted molar refractivity (Wildman–Crippen MR) is 149 cm³/mol. The lowest BCUT2D eigenvalue weighted by atomic mass is 10.1. The third kappa shape index (κ3) is 19.6. The fourth-order valence-electron chi connectivity index (χ4n) is 3.47. The molecule has 2 N–H and O–H groups in total. The molecule has 1 aromatic rings. The van der Waals surface area contributed by atoms with E-state index in [2.05, 4.69) is 31.8 Å². The highest BCUT2D eigenvalue weighted by Crippen LogP contribution is 2.16. The van der Waals surface area contributed by atoms with E-state index in [4.69, 9.17) is 14.2 Å². The number of halogens is 1. The lowest BCUT2D eigenvalue weighted by Crippen LogP contribution is -3.00. The Morgan fingerprint density at radius 2 is 1.46 bits per heavy atom. The predicted octanol–water partition coefficient (Wildman–Crippen LogP) is 1.23. The molecule has 0 bridgehead atoms. The average Bonchev–Trinajstić information content (AvgIpc) is 2.74. The Morgan fingerprint density at radius 3 is 2.00 bits per heavy atom. The number of nitrogens with one attached hydrogen (secondary N) is 2. The number of nitrogens with zero attached hydrogens (tertiary/aromatic N) is 1. The molecule has 0 aromatic heterocycles. The van der Waals surface area contributed by atoms with E-state index in [0.29, 0.717) is 25.3 Å². The number of quaternary nitrogens is 1. The SMILES string of the molecule is CC(C)(C)OC(=O)N[C@@H](Cc1ccc(OCCNC(=O)CCCCC[N+](C)(C)C)cc1)C(=O)OC(C)(C)C.[I-]. The Labute approximate surface area is 252 Å². The van der Waals surface area contributed by atoms with E-state index in [-0.39, 0.29) is 36.3 Å². The standard InChI is InChI=1S/C29H49N3O6.HI/c1-28(2,3)37-26(34)24(31-27(35)38-29(4,5)6)21-22-14-16-23(17-15-22)36-20-18-30-25(33)13-11-10-12-19-32(7,8)9;/h14-17,24H,10-13,18-21H2,1-9H3,(H-,30,31,33,35);1H/t24-;/m0./s1. The van der Waals surface area contributed by atoms with Crippen LogP contribution in [0.3, 0.4) is 0 Å². The van der Waals surface area contributed by atoms with E-state index in [1.807, 2.05) is 12.1 Å². The zero-order valence-electron chi connectivity index (χ0n) is 25.3. The van der Waals surface area contributed by atoms with Gasteiger partial charge in [-0.1, -0.05) is 12.1 Å². The number of ether oxygens (including phenoxy) is 3. The van der Waals surface area contributed by atoms with Crippen LogP contribution in [0.5, 0.6) is 5.75 Å². The van der Waals surface area contributed by atoms with Crippen molar-refractivity contribution >= 4 is 18.0 Å². The molecule has 39 heavy (non-hydrogen) atoms. The van der Waals surface area contributed by atoms with Crippen molar-refractivity contribution in [3.8, 4) is 5.75 Å². The van der Waals surface area contributed by atoms with Crippen LogP contribution in [-0.4, -0.2) is 80.5 Å². The second kappa shape index (κ2) is 16.9. The molecular weight excluding hydrogens is 613 g/mol. The van der Waals surface area contributed by atoms with Crippen LogP contribution >= 0.6 is 0 Å². The first-order chi connectivity index (χ1) is 17.4. The molecule has 0 saturated carbocycles. The first kappa shape index (κ1) is 36.9. The lowest BCUT2D eigenvalue weighted by molar-refractivity contribution is -0.870. The van der Waals surface area contributed by atoms with Gasteiger partial charge >= 0.3 is 12.1 Å². The number of alkyl carbamates (subject to hydrolysis) is 1. The van der Waals surface area contributed by atoms with E-state index in [0.717, 1.165) is 35.9 Å². The zero-order chi connectivity index (χ0) is 29.0. The smallest absolute Gasteiger partial charge is 0.408 e. The highest BCUT2D eigenvalue weighted by molar-refractivity contribution is 5.82. The minimum atomic E-state index is -0.904. The van der Waals surface area contributed by atoms with Crippen molar-refractivity contribution in [1.82, 2.24) is 10.6 Å². The van der Waals surface area contributed by atoms with Gasteiger partial charge in [0.2, 0.25) is 5.91 Å². The number of amides is 2. The van der Waals surface area contributed by atoms with Crippen molar-refractivity contribution in [1.29, 1.82) is 0 Å². The number of hydrogen-bond acceptors (Lipinski definition) is 6. The molecule has 0 aliphatic heterocycles. The van der Waals surface area contributed by atoms with Crippen molar-refractivity contribution in [3.63, 3.8) is 0 Å². The third-order valence-electron chi connectivity index (χ3n) is 5.17. The zero-order valence-corrected chi connectivity index (χ0v) is 27.5. The molecule has 10 heteroatoms. The molecular formula is C29H50IN3O6. The Bertz CT molecular complexity index is 886. The first-order valence-electron chi connectivity index (χ1n) is 13.4. The molecule has 0 unspecified atom stereocenters. The minimum absolute atomic E-state index is 0. The van der Waals surface area contributed by atoms with Crippen LogP contribution in [-0.2, 0) is 25.5 Å². The number of carbonyl (C=O) groups excluding carboxylic acids is 3. The molecule has 224 valence electrons. The summed E-state index contributed by atoms with van der Waals surface area (Å²) in [5.74, 6) is 0.157. The summed E-state index contributed by atoms with van der Waals surface area (Å²) in [5.41, 5.74) is -0.557. The molecule has 2 amide bonds. The van der Waals surface area contributed by atoms with Crippen LogP contribution in [0.1, 0.15) is 72.8 Å². The number of hydrogen-bond donors (Lipinski definition) is 2. The molecule has 1 rings (SSSR count). The largest absolute Gasteiger partial charge is 1.00 e. The van der Waals surface area contributed by atoms with Crippen LogP contribution < -0.4 is 39.3 Å². The Morgan fingerprint density at radius 1 is 0.872 bits per heavy atom. The fourth-order valence-corrected chi connectivity index (χ4v) is 3.47. The highest BCUT2D eigenvalue weighted by Gasteiger charge is 2.29. The molecule has 0 radical (unpaired) electrons. The van der Waals surface area contributed by atoms with Gasteiger partial charge in [0.15, 0.2) is 0 Å². The van der Waals surface area contributed by atoms with Crippen LogP contribution in [0.4, 0.5) is 4.79 Å². The molecule has 0 spiro atoms. The molecule has 9 nitrogen and oxygen atoms in total. The van der Waals surface area contributed by atoms with Gasteiger partial charge in [0.25, 0.3) is 0 Å². The fraction of sp³-hybridized carbons (Fsp3) is 0.690. The number of rotatable bonds is 14. The van der Waals surface area contributed by atoms with Crippen molar-refractivity contribution in [2.24, 2.45) is 0 Å². The Balaban J connectivity index is 0.0000144. The van der Waals surface area contributed by atoms with Crippen LogP contribution in [0, 0.1) is 0 Å². The normalized spacial score (nSPS) is 12.5. The van der Waals surface area contributed by atoms with Crippen LogP contribution in [0.2, 0.25) is 0 Å². The summed E-state index contributed by atoms with van der Waals surface area (Å²) >= 11 is 0. The van der Waals surface area contributed by atoms with Gasteiger partial charge in [0.1, 0.15) is 29.6 Å². The van der Waals surface area contributed by atoms with Gasteiger partial charge in [-0.2, -0.15) is 0 Å². The third-order valence-corrected chi connectivity index (χ3v) is 5.17. The van der Waals surface area contributed by atoms with E-state index >= 15 is 0 Å². The first-order valence-corrected chi connectivity index (χ1v) is 13.4. The van der Waals surface area contributed by atoms with E-state index in [9.17, 15) is 14.4 Å². The van der Waals surface area contributed by atoms with Gasteiger partial charge in [-0.05, 0) is 78.5 Å². The number of esters is 1. The van der Waals surface area contributed by atoms with Gasteiger partial charge in [0.05, 0.1) is 34.2 Å². The van der Waals surface area contributed by atoms with Crippen molar-refractivity contribution in [2.45, 2.75) is 90.9 Å². The maximum absolute atomic E-state index is 12.7. The van der Waals surface area contributed by atoms with Gasteiger partial charge in [-0.15, -0.1) is 0 Å². The molecule has 0 fully saturated rings. The second-order valence-electron chi connectivity index (χ2n) is 12.6. The summed E-state index contributed by atoms with van der Waals surface area (Å²) in [4.78, 5) is 37.1. The topological polar surface area (TPSA) is 103 Å². The van der Waals surface area contributed by atoms with E-state index in [1.54, 1.807) is 53.7 Å². The summed E-state index contributed by atoms with van der Waals surface area (Å²) in [5, 5.41) is 5.52. The maximum Gasteiger partial charge on any atom is 0.408 e. The van der Waals surface area contributed by atoms with Crippen LogP contribution in [0.15, 0.2) is 24.3 Å². The number of carbonyl (C=O) groups is 3. The Kier molecular flexibility index (Phi) is 16.0. The molecule has 1 aromatic carbocycles. The lowest BCUT2D eigenvalue weighted by Gasteiger charge is -2.26. The molecule has 0 aliphatic carbocycles. The van der Waals surface area contributed by atoms with Crippen LogP contribution in [0.25, 0.3) is 0 Å². The molecule has 0 aliphatic rings. The average molecular weight is 664 g/mol. The van der Waals surface area contributed by atoms with Gasteiger partial charge in [0, 0.05) is 12.8 Å². The van der Waals surface area contributed by atoms with E-state index < -0.39 is 29.3 Å².